The lowest BCUT2D eigenvalue weighted by Gasteiger charge is -2.29. The molecule has 0 radical (unpaired) electrons. The highest BCUT2D eigenvalue weighted by atomic mass is 15.2. The fourth-order valence-electron chi connectivity index (χ4n) is 2.30. The van der Waals surface area contributed by atoms with Gasteiger partial charge in [0.25, 0.3) is 0 Å². The van der Waals surface area contributed by atoms with Crippen LogP contribution in [0.1, 0.15) is 12.0 Å². The third-order valence-electron chi connectivity index (χ3n) is 3.16. The number of aliphatic imine (C=N–C) groups is 1. The summed E-state index contributed by atoms with van der Waals surface area (Å²) in [5.41, 5.74) is 2.42. The van der Waals surface area contributed by atoms with Crippen LogP contribution in [0.15, 0.2) is 65.7 Å². The lowest BCUT2D eigenvalue weighted by molar-refractivity contribution is 0.790. The van der Waals surface area contributed by atoms with Gasteiger partial charge in [0.1, 0.15) is 5.84 Å². The number of hydrogen-bond acceptors (Lipinski definition) is 2. The molecule has 1 heterocycles. The van der Waals surface area contributed by atoms with Gasteiger partial charge in [-0.1, -0.05) is 48.5 Å². The molecule has 2 aromatic rings. The van der Waals surface area contributed by atoms with Crippen LogP contribution >= 0.6 is 0 Å². The van der Waals surface area contributed by atoms with Crippen molar-refractivity contribution in [2.24, 2.45) is 4.99 Å². The second kappa shape index (κ2) is 5.05. The summed E-state index contributed by atoms with van der Waals surface area (Å²) in [7, 11) is 0. The van der Waals surface area contributed by atoms with Crippen LogP contribution in [-0.4, -0.2) is 18.9 Å². The summed E-state index contributed by atoms with van der Waals surface area (Å²) in [5.74, 6) is 1.09. The van der Waals surface area contributed by atoms with Crippen molar-refractivity contribution in [3.8, 4) is 0 Å². The molecule has 0 fully saturated rings. The fourth-order valence-corrected chi connectivity index (χ4v) is 2.30. The van der Waals surface area contributed by atoms with Gasteiger partial charge in [-0.3, -0.25) is 4.99 Å². The van der Waals surface area contributed by atoms with Crippen LogP contribution in [0.4, 0.5) is 5.69 Å². The highest BCUT2D eigenvalue weighted by Gasteiger charge is 2.17. The summed E-state index contributed by atoms with van der Waals surface area (Å²) in [6, 6.07) is 20.9. The third-order valence-corrected chi connectivity index (χ3v) is 3.16. The van der Waals surface area contributed by atoms with Crippen LogP contribution in [0, 0.1) is 0 Å². The quantitative estimate of drug-likeness (QED) is 0.780. The van der Waals surface area contributed by atoms with Crippen molar-refractivity contribution in [2.45, 2.75) is 6.42 Å². The van der Waals surface area contributed by atoms with E-state index < -0.39 is 0 Å². The number of para-hydroxylation sites is 1. The van der Waals surface area contributed by atoms with Gasteiger partial charge >= 0.3 is 0 Å². The summed E-state index contributed by atoms with van der Waals surface area (Å²) in [6.07, 6.45) is 1.12. The fraction of sp³-hybridized carbons (Fsp3) is 0.188. The summed E-state index contributed by atoms with van der Waals surface area (Å²) in [6.45, 7) is 1.96. The Bertz CT molecular complexity index is 532. The number of hydrogen-bond donors (Lipinski definition) is 0. The molecular formula is C16H16N2. The largest absolute Gasteiger partial charge is 0.326 e. The molecule has 0 saturated heterocycles. The van der Waals surface area contributed by atoms with Crippen molar-refractivity contribution in [3.05, 3.63) is 66.2 Å². The maximum Gasteiger partial charge on any atom is 0.135 e. The van der Waals surface area contributed by atoms with Gasteiger partial charge in [0.2, 0.25) is 0 Å². The Kier molecular flexibility index (Phi) is 3.09. The molecule has 0 amide bonds. The molecule has 18 heavy (non-hydrogen) atoms. The van der Waals surface area contributed by atoms with Crippen LogP contribution < -0.4 is 4.90 Å². The lowest BCUT2D eigenvalue weighted by Crippen LogP contribution is -2.36. The topological polar surface area (TPSA) is 15.6 Å². The molecule has 0 unspecified atom stereocenters. The van der Waals surface area contributed by atoms with Gasteiger partial charge in [-0.2, -0.15) is 0 Å². The molecule has 0 bridgehead atoms. The van der Waals surface area contributed by atoms with Crippen LogP contribution in [0.25, 0.3) is 0 Å². The molecule has 0 aromatic heterocycles. The van der Waals surface area contributed by atoms with E-state index in [1.165, 1.54) is 11.3 Å². The zero-order valence-electron chi connectivity index (χ0n) is 10.3. The van der Waals surface area contributed by atoms with Crippen LogP contribution in [0.5, 0.6) is 0 Å². The maximum atomic E-state index is 4.70. The van der Waals surface area contributed by atoms with Crippen molar-refractivity contribution in [2.75, 3.05) is 18.0 Å². The Labute approximate surface area is 108 Å². The first kappa shape index (κ1) is 11.0. The second-order valence-electron chi connectivity index (χ2n) is 4.41. The van der Waals surface area contributed by atoms with Crippen molar-refractivity contribution in [1.29, 1.82) is 0 Å². The number of amidine groups is 1. The maximum absolute atomic E-state index is 4.70. The van der Waals surface area contributed by atoms with Gasteiger partial charge in [0, 0.05) is 24.3 Å². The number of nitrogens with zero attached hydrogens (tertiary/aromatic N) is 2. The van der Waals surface area contributed by atoms with Gasteiger partial charge < -0.3 is 4.90 Å². The van der Waals surface area contributed by atoms with E-state index in [9.17, 15) is 0 Å². The summed E-state index contributed by atoms with van der Waals surface area (Å²) >= 11 is 0. The highest BCUT2D eigenvalue weighted by Crippen LogP contribution is 2.20. The molecular weight excluding hydrogens is 220 g/mol. The van der Waals surface area contributed by atoms with E-state index in [-0.39, 0.29) is 0 Å². The highest BCUT2D eigenvalue weighted by molar-refractivity contribution is 6.10. The molecule has 0 N–H and O–H groups in total. The first-order valence-corrected chi connectivity index (χ1v) is 6.37. The predicted molar refractivity (Wildman–Crippen MR) is 76.3 cm³/mol. The van der Waals surface area contributed by atoms with E-state index >= 15 is 0 Å². The standard InChI is InChI=1S/C16H16N2/c1-3-8-14(9-4-1)16-17-12-7-13-18(16)15-10-5-2-6-11-15/h1-6,8-11H,7,12-13H2. The van der Waals surface area contributed by atoms with Crippen molar-refractivity contribution >= 4 is 11.5 Å². The Hall–Kier alpha value is -2.09. The zero-order chi connectivity index (χ0) is 12.2. The SMILES string of the molecule is c1ccc(C2=NCCCN2c2ccccc2)cc1. The van der Waals surface area contributed by atoms with Crippen molar-refractivity contribution < 1.29 is 0 Å². The average molecular weight is 236 g/mol. The van der Waals surface area contributed by atoms with E-state index in [0.29, 0.717) is 0 Å². The normalized spacial score (nSPS) is 15.3. The Morgan fingerprint density at radius 2 is 1.50 bits per heavy atom. The molecule has 2 heteroatoms. The van der Waals surface area contributed by atoms with Crippen LogP contribution in [0.2, 0.25) is 0 Å². The summed E-state index contributed by atoms with van der Waals surface area (Å²) in [5, 5.41) is 0. The van der Waals surface area contributed by atoms with Crippen LogP contribution in [-0.2, 0) is 0 Å². The number of benzene rings is 2. The predicted octanol–water partition coefficient (Wildman–Crippen LogP) is 3.34. The Morgan fingerprint density at radius 1 is 0.833 bits per heavy atom. The minimum atomic E-state index is 0.924. The lowest BCUT2D eigenvalue weighted by atomic mass is 10.1. The molecule has 0 spiro atoms. The minimum absolute atomic E-state index is 0.924. The molecule has 1 aliphatic rings. The molecule has 90 valence electrons. The monoisotopic (exact) mass is 236 g/mol. The number of anilines is 1. The minimum Gasteiger partial charge on any atom is -0.326 e. The summed E-state index contributed by atoms with van der Waals surface area (Å²) in [4.78, 5) is 7.00. The third kappa shape index (κ3) is 2.14. The van der Waals surface area contributed by atoms with Gasteiger partial charge in [0.15, 0.2) is 0 Å². The molecule has 1 aliphatic heterocycles. The molecule has 3 rings (SSSR count). The Balaban J connectivity index is 1.99. The van der Waals surface area contributed by atoms with Crippen molar-refractivity contribution in [1.82, 2.24) is 0 Å². The smallest absolute Gasteiger partial charge is 0.135 e. The van der Waals surface area contributed by atoms with E-state index in [1.54, 1.807) is 0 Å². The first-order chi connectivity index (χ1) is 8.95. The Morgan fingerprint density at radius 3 is 2.22 bits per heavy atom. The van der Waals surface area contributed by atoms with E-state index in [4.69, 9.17) is 4.99 Å². The van der Waals surface area contributed by atoms with Gasteiger partial charge in [-0.05, 0) is 18.6 Å². The molecule has 0 atom stereocenters. The van der Waals surface area contributed by atoms with Gasteiger partial charge in [0.05, 0.1) is 0 Å². The summed E-state index contributed by atoms with van der Waals surface area (Å²) < 4.78 is 0. The molecule has 2 nitrogen and oxygen atoms in total. The van der Waals surface area contributed by atoms with E-state index in [0.717, 1.165) is 25.3 Å². The first-order valence-electron chi connectivity index (χ1n) is 6.37. The van der Waals surface area contributed by atoms with Crippen LogP contribution in [0.3, 0.4) is 0 Å². The van der Waals surface area contributed by atoms with E-state index in [1.807, 2.05) is 12.1 Å². The van der Waals surface area contributed by atoms with Gasteiger partial charge in [-0.15, -0.1) is 0 Å². The molecule has 0 aliphatic carbocycles. The van der Waals surface area contributed by atoms with Crippen molar-refractivity contribution in [3.63, 3.8) is 0 Å². The number of rotatable bonds is 2. The van der Waals surface area contributed by atoms with E-state index in [2.05, 4.69) is 53.4 Å². The second-order valence-corrected chi connectivity index (χ2v) is 4.41. The molecule has 2 aromatic carbocycles. The van der Waals surface area contributed by atoms with Gasteiger partial charge in [-0.25, -0.2) is 0 Å². The average Bonchev–Trinajstić information content (AvgIpc) is 2.49. The molecule has 0 saturated carbocycles. The zero-order valence-corrected chi connectivity index (χ0v) is 10.3.